The quantitative estimate of drug-likeness (QED) is 0.458. The number of carbonyl (C=O) groups is 2. The van der Waals surface area contributed by atoms with E-state index >= 15 is 0 Å². The molecule has 8 nitrogen and oxygen atoms in total. The number of hydrogen-bond donors (Lipinski definition) is 2. The number of nitro benzene ring substituents is 1. The van der Waals surface area contributed by atoms with Gasteiger partial charge in [0, 0.05) is 18.7 Å². The van der Waals surface area contributed by atoms with Crippen LogP contribution in [0.25, 0.3) is 0 Å². The molecule has 0 radical (unpaired) electrons. The molecule has 0 heterocycles. The van der Waals surface area contributed by atoms with Crippen LogP contribution in [0.2, 0.25) is 0 Å². The number of carbonyl (C=O) groups excluding carboxylic acids is 1. The standard InChI is InChI=1S/C13H13N3O5/c1-2-6-15(9-12(17)18)13(19)14-8-10-4-3-5-11(7-10)16(20)21/h1,3-5,7H,6,8-9H2,(H,14,19)(H,17,18). The third kappa shape index (κ3) is 5.20. The highest BCUT2D eigenvalue weighted by molar-refractivity contribution is 5.80. The van der Waals surface area contributed by atoms with Gasteiger partial charge >= 0.3 is 12.0 Å². The van der Waals surface area contributed by atoms with Crippen LogP contribution in [-0.4, -0.2) is 40.0 Å². The number of aliphatic carboxylic acids is 1. The molecule has 0 aliphatic carbocycles. The molecule has 2 N–H and O–H groups in total. The number of nitro groups is 1. The van der Waals surface area contributed by atoms with Gasteiger partial charge in [0.05, 0.1) is 11.5 Å². The van der Waals surface area contributed by atoms with Gasteiger partial charge < -0.3 is 15.3 Å². The number of nitrogens with zero attached hydrogens (tertiary/aromatic N) is 2. The first-order valence-corrected chi connectivity index (χ1v) is 5.85. The summed E-state index contributed by atoms with van der Waals surface area (Å²) in [5, 5.41) is 21.8. The molecule has 0 bridgehead atoms. The van der Waals surface area contributed by atoms with E-state index in [1.54, 1.807) is 6.07 Å². The monoisotopic (exact) mass is 291 g/mol. The molecule has 1 aromatic carbocycles. The first-order chi connectivity index (χ1) is 9.93. The fourth-order valence-corrected chi connectivity index (χ4v) is 1.54. The first-order valence-electron chi connectivity index (χ1n) is 5.85. The largest absolute Gasteiger partial charge is 0.480 e. The van der Waals surface area contributed by atoms with E-state index in [1.807, 2.05) is 0 Å². The number of rotatable bonds is 6. The van der Waals surface area contributed by atoms with Gasteiger partial charge in [0.2, 0.25) is 0 Å². The first kappa shape index (κ1) is 16.0. The second kappa shape index (κ2) is 7.49. The lowest BCUT2D eigenvalue weighted by Gasteiger charge is -2.18. The van der Waals surface area contributed by atoms with Crippen molar-refractivity contribution in [1.82, 2.24) is 10.2 Å². The van der Waals surface area contributed by atoms with Crippen molar-refractivity contribution < 1.29 is 19.6 Å². The molecule has 0 aliphatic rings. The SMILES string of the molecule is C#CCN(CC(=O)O)C(=O)NCc1cccc([N+](=O)[O-])c1. The predicted octanol–water partition coefficient (Wildman–Crippen LogP) is 0.824. The Morgan fingerprint density at radius 3 is 2.76 bits per heavy atom. The maximum absolute atomic E-state index is 11.8. The Hall–Kier alpha value is -3.08. The zero-order chi connectivity index (χ0) is 15.8. The molecule has 8 heteroatoms. The van der Waals surface area contributed by atoms with Crippen molar-refractivity contribution in [2.24, 2.45) is 0 Å². The topological polar surface area (TPSA) is 113 Å². The molecule has 21 heavy (non-hydrogen) atoms. The Bertz CT molecular complexity index is 594. The molecular weight excluding hydrogens is 278 g/mol. The van der Waals surface area contributed by atoms with Crippen molar-refractivity contribution in [2.75, 3.05) is 13.1 Å². The van der Waals surface area contributed by atoms with Crippen LogP contribution in [0.5, 0.6) is 0 Å². The van der Waals surface area contributed by atoms with Gasteiger partial charge in [0.1, 0.15) is 6.54 Å². The lowest BCUT2D eigenvalue weighted by molar-refractivity contribution is -0.384. The summed E-state index contributed by atoms with van der Waals surface area (Å²) in [7, 11) is 0. The summed E-state index contributed by atoms with van der Waals surface area (Å²) in [6.45, 7) is -0.640. The summed E-state index contributed by atoms with van der Waals surface area (Å²) < 4.78 is 0. The number of nitrogens with one attached hydrogen (secondary N) is 1. The van der Waals surface area contributed by atoms with E-state index in [-0.39, 0.29) is 18.8 Å². The fraction of sp³-hybridized carbons (Fsp3) is 0.231. The van der Waals surface area contributed by atoms with Gasteiger partial charge in [-0.1, -0.05) is 18.1 Å². The number of carboxylic acids is 1. The van der Waals surface area contributed by atoms with Crippen LogP contribution in [0.1, 0.15) is 5.56 Å². The van der Waals surface area contributed by atoms with E-state index in [0.29, 0.717) is 5.56 Å². The van der Waals surface area contributed by atoms with Crippen LogP contribution in [0.4, 0.5) is 10.5 Å². The average molecular weight is 291 g/mol. The van der Waals surface area contributed by atoms with Crippen molar-refractivity contribution in [3.8, 4) is 12.3 Å². The normalized spacial score (nSPS) is 9.48. The number of terminal acetylenes is 1. The molecule has 0 aliphatic heterocycles. The predicted molar refractivity (Wildman–Crippen MR) is 73.4 cm³/mol. The van der Waals surface area contributed by atoms with Gasteiger partial charge in [0.25, 0.3) is 5.69 Å². The average Bonchev–Trinajstić information content (AvgIpc) is 2.44. The van der Waals surface area contributed by atoms with Crippen LogP contribution in [0.3, 0.4) is 0 Å². The minimum atomic E-state index is -1.18. The number of carboxylic acid groups (broad SMARTS) is 1. The van der Waals surface area contributed by atoms with Crippen molar-refractivity contribution in [1.29, 1.82) is 0 Å². The maximum Gasteiger partial charge on any atom is 0.323 e. The molecular formula is C13H13N3O5. The zero-order valence-electron chi connectivity index (χ0n) is 11.0. The molecule has 0 atom stereocenters. The van der Waals surface area contributed by atoms with Crippen LogP contribution < -0.4 is 5.32 Å². The highest BCUT2D eigenvalue weighted by Gasteiger charge is 2.15. The van der Waals surface area contributed by atoms with Gasteiger partial charge in [0.15, 0.2) is 0 Å². The summed E-state index contributed by atoms with van der Waals surface area (Å²) in [6, 6.07) is 5.11. The summed E-state index contributed by atoms with van der Waals surface area (Å²) >= 11 is 0. The molecule has 2 amide bonds. The molecule has 110 valence electrons. The van der Waals surface area contributed by atoms with Gasteiger partial charge in [-0.2, -0.15) is 0 Å². The maximum atomic E-state index is 11.8. The van der Waals surface area contributed by atoms with Crippen molar-refractivity contribution in [3.05, 3.63) is 39.9 Å². The van der Waals surface area contributed by atoms with Gasteiger partial charge in [-0.15, -0.1) is 6.42 Å². The van der Waals surface area contributed by atoms with E-state index < -0.39 is 23.5 Å². The smallest absolute Gasteiger partial charge is 0.323 e. The van der Waals surface area contributed by atoms with Gasteiger partial charge in [-0.3, -0.25) is 14.9 Å². The van der Waals surface area contributed by atoms with Crippen LogP contribution in [0, 0.1) is 22.5 Å². The Labute approximate surface area is 120 Å². The lowest BCUT2D eigenvalue weighted by atomic mass is 10.2. The van der Waals surface area contributed by atoms with Crippen LogP contribution in [-0.2, 0) is 11.3 Å². The van der Waals surface area contributed by atoms with E-state index in [4.69, 9.17) is 11.5 Å². The third-order valence-electron chi connectivity index (χ3n) is 2.46. The summed E-state index contributed by atoms with van der Waals surface area (Å²) in [6.07, 6.45) is 5.06. The molecule has 1 rings (SSSR count). The van der Waals surface area contributed by atoms with Crippen molar-refractivity contribution in [3.63, 3.8) is 0 Å². The van der Waals surface area contributed by atoms with E-state index in [2.05, 4.69) is 11.2 Å². The lowest BCUT2D eigenvalue weighted by Crippen LogP contribution is -2.42. The van der Waals surface area contributed by atoms with Crippen LogP contribution in [0.15, 0.2) is 24.3 Å². The summed E-state index contributed by atoms with van der Waals surface area (Å²) in [5.41, 5.74) is 0.432. The highest BCUT2D eigenvalue weighted by Crippen LogP contribution is 2.12. The molecule has 0 aromatic heterocycles. The Morgan fingerprint density at radius 1 is 1.48 bits per heavy atom. The van der Waals surface area contributed by atoms with E-state index in [9.17, 15) is 19.7 Å². The minimum absolute atomic E-state index is 0.0290. The van der Waals surface area contributed by atoms with E-state index in [0.717, 1.165) is 4.90 Å². The molecule has 0 saturated heterocycles. The molecule has 0 saturated carbocycles. The van der Waals surface area contributed by atoms with Gasteiger partial charge in [-0.25, -0.2) is 4.79 Å². The number of urea groups is 1. The Kier molecular flexibility index (Phi) is 5.70. The van der Waals surface area contributed by atoms with Crippen molar-refractivity contribution in [2.45, 2.75) is 6.54 Å². The number of amides is 2. The second-order valence-corrected chi connectivity index (χ2v) is 4.04. The third-order valence-corrected chi connectivity index (χ3v) is 2.46. The molecule has 0 spiro atoms. The highest BCUT2D eigenvalue weighted by atomic mass is 16.6. The molecule has 1 aromatic rings. The van der Waals surface area contributed by atoms with Crippen molar-refractivity contribution >= 4 is 17.7 Å². The summed E-state index contributed by atoms with van der Waals surface area (Å²) in [4.78, 5) is 33.4. The summed E-state index contributed by atoms with van der Waals surface area (Å²) in [5.74, 6) is 1.00. The Balaban J connectivity index is 2.66. The zero-order valence-corrected chi connectivity index (χ0v) is 11.0. The number of benzene rings is 1. The van der Waals surface area contributed by atoms with Crippen LogP contribution >= 0.6 is 0 Å². The van der Waals surface area contributed by atoms with Gasteiger partial charge in [-0.05, 0) is 5.56 Å². The van der Waals surface area contributed by atoms with E-state index in [1.165, 1.54) is 18.2 Å². The number of non-ortho nitro benzene ring substituents is 1. The minimum Gasteiger partial charge on any atom is -0.480 e. The molecule has 0 fully saturated rings. The second-order valence-electron chi connectivity index (χ2n) is 4.04. The number of hydrogen-bond acceptors (Lipinski definition) is 4. The fourth-order valence-electron chi connectivity index (χ4n) is 1.54. The Morgan fingerprint density at radius 2 is 2.19 bits per heavy atom. The molecule has 0 unspecified atom stereocenters.